The fraction of sp³-hybridized carbons (Fsp3) is 0.444. The van der Waals surface area contributed by atoms with Gasteiger partial charge in [-0.1, -0.05) is 50.4 Å². The number of hydrogen-bond donors (Lipinski definition) is 1. The van der Waals surface area contributed by atoms with Gasteiger partial charge in [-0.05, 0) is 92.6 Å². The van der Waals surface area contributed by atoms with Gasteiger partial charge in [0.05, 0.1) is 37.8 Å². The summed E-state index contributed by atoms with van der Waals surface area (Å²) in [7, 11) is 0. The molecule has 0 saturated carbocycles. The Morgan fingerprint density at radius 1 is 0.512 bits per heavy atom. The zero-order valence-electron chi connectivity index (χ0n) is 25.5. The van der Waals surface area contributed by atoms with Gasteiger partial charge in [0, 0.05) is 24.3 Å². The highest BCUT2D eigenvalue weighted by atomic mass is 16.5. The number of benzene rings is 3. The van der Waals surface area contributed by atoms with Crippen LogP contribution in [0.3, 0.4) is 0 Å². The predicted octanol–water partition coefficient (Wildman–Crippen LogP) is 8.43. The van der Waals surface area contributed by atoms with Crippen molar-refractivity contribution < 1.29 is 24.1 Å². The number of aliphatic hydroxyl groups is 1. The van der Waals surface area contributed by atoms with Crippen LogP contribution in [0.5, 0.6) is 11.5 Å². The third-order valence-electron chi connectivity index (χ3n) is 6.58. The monoisotopic (exact) mass is 586 g/mol. The van der Waals surface area contributed by atoms with E-state index in [1.165, 1.54) is 32.1 Å². The van der Waals surface area contributed by atoms with Gasteiger partial charge >= 0.3 is 0 Å². The maximum Gasteiger partial charge on any atom is 0.119 e. The maximum absolute atomic E-state index is 8.81. The summed E-state index contributed by atoms with van der Waals surface area (Å²) in [6.45, 7) is 5.92. The topological polar surface area (TPSA) is 81.9 Å². The summed E-state index contributed by atoms with van der Waals surface area (Å²) in [4.78, 5) is 0. The van der Waals surface area contributed by atoms with E-state index in [0.29, 0.717) is 39.6 Å². The second-order valence-electron chi connectivity index (χ2n) is 10.1. The Morgan fingerprint density at radius 2 is 0.953 bits per heavy atom. The van der Waals surface area contributed by atoms with Gasteiger partial charge < -0.3 is 24.1 Å². The van der Waals surface area contributed by atoms with E-state index < -0.39 is 0 Å². The first-order valence-electron chi connectivity index (χ1n) is 15.5. The minimum absolute atomic E-state index is 0.314. The first kappa shape index (κ1) is 33.8. The summed E-state index contributed by atoms with van der Waals surface area (Å²) in [6.07, 6.45) is 9.31. The van der Waals surface area contributed by atoms with Gasteiger partial charge in [-0.3, -0.25) is 0 Å². The average molecular weight is 587 g/mol. The highest BCUT2D eigenvalue weighted by molar-refractivity contribution is 5.48. The molecule has 0 unspecified atom stereocenters. The van der Waals surface area contributed by atoms with Crippen LogP contribution in [0.4, 0.5) is 11.4 Å². The van der Waals surface area contributed by atoms with Gasteiger partial charge in [0.2, 0.25) is 0 Å². The van der Waals surface area contributed by atoms with Gasteiger partial charge in [-0.15, -0.1) is 0 Å². The number of aliphatic hydroxyl groups excluding tert-OH is 1. The lowest BCUT2D eigenvalue weighted by molar-refractivity contribution is 0.0405. The highest BCUT2D eigenvalue weighted by Crippen LogP contribution is 2.22. The van der Waals surface area contributed by atoms with Crippen LogP contribution in [0.15, 0.2) is 83.0 Å². The Hall–Kier alpha value is -3.70. The molecule has 1 N–H and O–H groups in total. The fourth-order valence-corrected chi connectivity index (χ4v) is 4.16. The maximum atomic E-state index is 8.81. The second kappa shape index (κ2) is 21.9. The lowest BCUT2D eigenvalue weighted by Crippen LogP contribution is -2.10. The van der Waals surface area contributed by atoms with Crippen molar-refractivity contribution in [3.8, 4) is 23.3 Å². The summed E-state index contributed by atoms with van der Waals surface area (Å²) < 4.78 is 22.3. The van der Waals surface area contributed by atoms with Crippen molar-refractivity contribution in [2.24, 2.45) is 10.2 Å². The molecule has 230 valence electrons. The smallest absolute Gasteiger partial charge is 0.119 e. The van der Waals surface area contributed by atoms with E-state index in [1.807, 2.05) is 79.7 Å². The third-order valence-corrected chi connectivity index (χ3v) is 6.58. The Bertz CT molecular complexity index is 1220. The predicted molar refractivity (Wildman–Crippen MR) is 172 cm³/mol. The highest BCUT2D eigenvalue weighted by Gasteiger charge is 1.98. The first-order valence-corrected chi connectivity index (χ1v) is 15.5. The third kappa shape index (κ3) is 15.4. The molecule has 0 fully saturated rings. The lowest BCUT2D eigenvalue weighted by Gasteiger charge is -2.07. The number of azo groups is 1. The van der Waals surface area contributed by atoms with Crippen molar-refractivity contribution in [3.05, 3.63) is 83.9 Å². The van der Waals surface area contributed by atoms with Crippen molar-refractivity contribution in [1.82, 2.24) is 0 Å². The molecule has 0 saturated heterocycles. The Labute approximate surface area is 257 Å². The minimum atomic E-state index is 0.314. The van der Waals surface area contributed by atoms with Gasteiger partial charge in [0.15, 0.2) is 0 Å². The van der Waals surface area contributed by atoms with Crippen LogP contribution < -0.4 is 9.47 Å². The number of nitrogens with zero attached hydrogens (tertiary/aromatic N) is 2. The zero-order valence-corrected chi connectivity index (χ0v) is 25.5. The van der Waals surface area contributed by atoms with Crippen molar-refractivity contribution in [1.29, 1.82) is 0 Å². The summed E-state index contributed by atoms with van der Waals surface area (Å²) >= 11 is 0. The molecule has 0 aliphatic carbocycles. The van der Waals surface area contributed by atoms with Gasteiger partial charge in [-0.25, -0.2) is 0 Å². The average Bonchev–Trinajstić information content (AvgIpc) is 3.05. The molecule has 0 aliphatic heterocycles. The normalized spacial score (nSPS) is 10.9. The van der Waals surface area contributed by atoms with Crippen LogP contribution in [0, 0.1) is 11.8 Å². The van der Waals surface area contributed by atoms with E-state index in [-0.39, 0.29) is 0 Å². The van der Waals surface area contributed by atoms with Crippen LogP contribution in [-0.4, -0.2) is 51.4 Å². The molecule has 0 aliphatic rings. The Morgan fingerprint density at radius 3 is 1.53 bits per heavy atom. The van der Waals surface area contributed by atoms with Crippen LogP contribution >= 0.6 is 0 Å². The molecule has 0 heterocycles. The number of rotatable bonds is 21. The Balaban J connectivity index is 1.33. The molecule has 0 radical (unpaired) electrons. The number of ether oxygens (including phenoxy) is 4. The first-order chi connectivity index (χ1) is 21.3. The molecular weight excluding hydrogens is 540 g/mol. The quantitative estimate of drug-likeness (QED) is 0.0770. The van der Waals surface area contributed by atoms with E-state index in [9.17, 15) is 0 Å². The van der Waals surface area contributed by atoms with E-state index in [4.69, 9.17) is 24.1 Å². The lowest BCUT2D eigenvalue weighted by atomic mass is 10.1. The molecule has 3 aromatic carbocycles. The molecule has 43 heavy (non-hydrogen) atoms. The SMILES string of the molecule is CCOCCOCCOc1ccc(C#Cc2ccc(N=Nc3ccc(OCCCCCCCCCCO)cc3)cc2)cc1. The molecule has 3 aromatic rings. The van der Waals surface area contributed by atoms with Gasteiger partial charge in [0.25, 0.3) is 0 Å². The number of hydrogen-bond acceptors (Lipinski definition) is 7. The second-order valence-corrected chi connectivity index (χ2v) is 10.1. The van der Waals surface area contributed by atoms with Gasteiger partial charge in [0.1, 0.15) is 18.1 Å². The van der Waals surface area contributed by atoms with Crippen molar-refractivity contribution >= 4 is 11.4 Å². The molecule has 0 bridgehead atoms. The number of unbranched alkanes of at least 4 members (excludes halogenated alkanes) is 7. The molecule has 0 aromatic heterocycles. The standard InChI is InChI=1S/C36H46N2O5/c1-2-40-27-28-41-29-30-43-35-21-15-32(16-22-35)12-11-31-13-17-33(18-14-31)37-38-34-19-23-36(24-20-34)42-26-10-8-6-4-3-5-7-9-25-39/h13-24,39H,2-10,25-30H2,1H3. The van der Waals surface area contributed by atoms with E-state index in [0.717, 1.165) is 59.9 Å². The van der Waals surface area contributed by atoms with E-state index in [1.54, 1.807) is 0 Å². The Kier molecular flexibility index (Phi) is 17.2. The molecule has 7 heteroatoms. The zero-order chi connectivity index (χ0) is 30.2. The summed E-state index contributed by atoms with van der Waals surface area (Å²) in [5.74, 6) is 8.02. The van der Waals surface area contributed by atoms with E-state index in [2.05, 4.69) is 22.1 Å². The summed E-state index contributed by atoms with van der Waals surface area (Å²) in [5, 5.41) is 17.5. The van der Waals surface area contributed by atoms with E-state index >= 15 is 0 Å². The van der Waals surface area contributed by atoms with Crippen LogP contribution in [0.1, 0.15) is 69.4 Å². The molecule has 0 amide bonds. The molecule has 0 atom stereocenters. The molecule has 3 rings (SSSR count). The van der Waals surface area contributed by atoms with Crippen LogP contribution in [-0.2, 0) is 9.47 Å². The van der Waals surface area contributed by atoms with Crippen molar-refractivity contribution in [2.75, 3.05) is 46.2 Å². The van der Waals surface area contributed by atoms with Crippen LogP contribution in [0.25, 0.3) is 0 Å². The summed E-state index contributed by atoms with van der Waals surface area (Å²) in [6, 6.07) is 23.1. The van der Waals surface area contributed by atoms with Crippen molar-refractivity contribution in [2.45, 2.75) is 58.3 Å². The van der Waals surface area contributed by atoms with Crippen LogP contribution in [0.2, 0.25) is 0 Å². The molecule has 0 spiro atoms. The summed E-state index contributed by atoms with van der Waals surface area (Å²) in [5.41, 5.74) is 3.36. The largest absolute Gasteiger partial charge is 0.494 e. The molecule has 7 nitrogen and oxygen atoms in total. The minimum Gasteiger partial charge on any atom is -0.494 e. The van der Waals surface area contributed by atoms with Gasteiger partial charge in [-0.2, -0.15) is 10.2 Å². The van der Waals surface area contributed by atoms with Crippen molar-refractivity contribution in [3.63, 3.8) is 0 Å². The fourth-order valence-electron chi connectivity index (χ4n) is 4.16. The molecular formula is C36H46N2O5.